The Hall–Kier alpha value is -4.01. The fourth-order valence-electron chi connectivity index (χ4n) is 3.19. The Morgan fingerprint density at radius 1 is 1.21 bits per heavy atom. The van der Waals surface area contributed by atoms with Crippen molar-refractivity contribution < 1.29 is 27.9 Å². The zero-order chi connectivity index (χ0) is 24.0. The Kier molecular flexibility index (Phi) is 7.22. The van der Waals surface area contributed by atoms with E-state index in [2.05, 4.69) is 4.98 Å². The highest BCUT2D eigenvalue weighted by molar-refractivity contribution is 7.89. The summed E-state index contributed by atoms with van der Waals surface area (Å²) >= 11 is 0. The number of nitrogens with one attached hydrogen (secondary N) is 1. The van der Waals surface area contributed by atoms with Crippen molar-refractivity contribution in [3.8, 4) is 11.8 Å². The maximum absolute atomic E-state index is 12.8. The van der Waals surface area contributed by atoms with E-state index in [0.717, 1.165) is 22.5 Å². The van der Waals surface area contributed by atoms with Crippen molar-refractivity contribution in [2.24, 2.45) is 5.73 Å². The Bertz CT molecular complexity index is 1350. The van der Waals surface area contributed by atoms with Gasteiger partial charge in [-0.2, -0.15) is 9.98 Å². The number of benzene rings is 2. The van der Waals surface area contributed by atoms with E-state index in [9.17, 15) is 18.0 Å². The standard InChI is InChI=1S/C22H20N4O6S/c23-13-16(12-21(27)28)26-33(30,31)20-7-6-15(22(24)29)11-19(20)32-10-8-14-3-1-5-18-17(14)4-2-9-25-18/h1-7,9,11,16,26H,8,10,12H2,(H2,24,29)(H,27,28). The van der Waals surface area contributed by atoms with Crippen molar-refractivity contribution in [3.63, 3.8) is 0 Å². The SMILES string of the molecule is N#CC(CC(=O)O)NS(=O)(=O)c1ccc(C(N)=O)cc1OCCc1cccc2ncccc12. The van der Waals surface area contributed by atoms with Crippen molar-refractivity contribution in [1.82, 2.24) is 9.71 Å². The third-order valence-electron chi connectivity index (χ3n) is 4.71. The lowest BCUT2D eigenvalue weighted by atomic mass is 10.1. The van der Waals surface area contributed by atoms with Crippen LogP contribution in [0.2, 0.25) is 0 Å². The summed E-state index contributed by atoms with van der Waals surface area (Å²) in [6, 6.07) is 13.0. The lowest BCUT2D eigenvalue weighted by molar-refractivity contribution is -0.137. The van der Waals surface area contributed by atoms with Crippen LogP contribution < -0.4 is 15.2 Å². The highest BCUT2D eigenvalue weighted by Crippen LogP contribution is 2.26. The number of primary amides is 1. The van der Waals surface area contributed by atoms with Crippen molar-refractivity contribution in [2.45, 2.75) is 23.8 Å². The monoisotopic (exact) mass is 468 g/mol. The van der Waals surface area contributed by atoms with E-state index in [0.29, 0.717) is 6.42 Å². The van der Waals surface area contributed by atoms with Gasteiger partial charge in [0, 0.05) is 23.6 Å². The zero-order valence-corrected chi connectivity index (χ0v) is 18.1. The minimum Gasteiger partial charge on any atom is -0.492 e. The van der Waals surface area contributed by atoms with Crippen LogP contribution in [0.5, 0.6) is 5.75 Å². The van der Waals surface area contributed by atoms with E-state index < -0.39 is 34.4 Å². The molecule has 170 valence electrons. The van der Waals surface area contributed by atoms with Gasteiger partial charge in [-0.05, 0) is 35.9 Å². The molecule has 0 fully saturated rings. The summed E-state index contributed by atoms with van der Waals surface area (Å²) < 4.78 is 33.4. The third-order valence-corrected chi connectivity index (χ3v) is 6.23. The van der Waals surface area contributed by atoms with Gasteiger partial charge < -0.3 is 15.6 Å². The topological polar surface area (TPSA) is 172 Å². The molecule has 2 aromatic carbocycles. The molecule has 0 aliphatic heterocycles. The summed E-state index contributed by atoms with van der Waals surface area (Å²) in [7, 11) is -4.34. The molecule has 0 bridgehead atoms. The van der Waals surface area contributed by atoms with Crippen molar-refractivity contribution in [1.29, 1.82) is 5.26 Å². The first-order chi connectivity index (χ1) is 15.7. The number of amides is 1. The summed E-state index contributed by atoms with van der Waals surface area (Å²) in [6.07, 6.45) is 1.37. The highest BCUT2D eigenvalue weighted by Gasteiger charge is 2.26. The average Bonchev–Trinajstić information content (AvgIpc) is 2.78. The Balaban J connectivity index is 1.87. The molecule has 1 unspecified atom stereocenters. The number of nitrogens with two attached hydrogens (primary N) is 1. The molecule has 3 rings (SSSR count). The molecule has 0 saturated carbocycles. The number of nitrogens with zero attached hydrogens (tertiary/aromatic N) is 2. The van der Waals surface area contributed by atoms with Crippen LogP contribution in [0.3, 0.4) is 0 Å². The molecule has 0 spiro atoms. The second-order valence-electron chi connectivity index (χ2n) is 7.01. The molecule has 33 heavy (non-hydrogen) atoms. The van der Waals surface area contributed by atoms with E-state index in [-0.39, 0.29) is 22.8 Å². The van der Waals surface area contributed by atoms with Crippen LogP contribution >= 0.6 is 0 Å². The van der Waals surface area contributed by atoms with Gasteiger partial charge in [0.2, 0.25) is 15.9 Å². The van der Waals surface area contributed by atoms with Crippen molar-refractivity contribution in [3.05, 3.63) is 65.9 Å². The summed E-state index contributed by atoms with van der Waals surface area (Å²) in [5.41, 5.74) is 7.07. The van der Waals surface area contributed by atoms with Gasteiger partial charge in [0.25, 0.3) is 0 Å². The second kappa shape index (κ2) is 10.1. The van der Waals surface area contributed by atoms with Crippen LogP contribution in [-0.4, -0.2) is 43.0 Å². The van der Waals surface area contributed by atoms with Gasteiger partial charge >= 0.3 is 5.97 Å². The lowest BCUT2D eigenvalue weighted by Gasteiger charge is -2.15. The number of carbonyl (C=O) groups is 2. The van der Waals surface area contributed by atoms with Crippen LogP contribution in [0.15, 0.2) is 59.6 Å². The van der Waals surface area contributed by atoms with E-state index in [1.807, 2.05) is 35.1 Å². The quantitative estimate of drug-likeness (QED) is 0.402. The molecule has 4 N–H and O–H groups in total. The van der Waals surface area contributed by atoms with Crippen LogP contribution in [-0.2, 0) is 21.2 Å². The number of rotatable bonds is 10. The number of nitriles is 1. The number of aromatic nitrogens is 1. The summed E-state index contributed by atoms with van der Waals surface area (Å²) in [6.45, 7) is 0.0650. The number of carbonyl (C=O) groups excluding carboxylic acids is 1. The number of carboxylic acids is 1. The molecule has 10 nitrogen and oxygen atoms in total. The highest BCUT2D eigenvalue weighted by atomic mass is 32.2. The fourth-order valence-corrected chi connectivity index (χ4v) is 4.46. The molecular weight excluding hydrogens is 448 g/mol. The summed E-state index contributed by atoms with van der Waals surface area (Å²) in [4.78, 5) is 26.4. The molecule has 1 heterocycles. The van der Waals surface area contributed by atoms with Crippen LogP contribution in [0, 0.1) is 11.3 Å². The minimum absolute atomic E-state index is 0.0284. The Morgan fingerprint density at radius 2 is 2.00 bits per heavy atom. The lowest BCUT2D eigenvalue weighted by Crippen LogP contribution is -2.35. The number of ether oxygens (including phenoxy) is 1. The van der Waals surface area contributed by atoms with E-state index >= 15 is 0 Å². The summed E-state index contributed by atoms with van der Waals surface area (Å²) in [5, 5.41) is 18.9. The normalized spacial score (nSPS) is 12.1. The number of fused-ring (bicyclic) bond motifs is 1. The van der Waals surface area contributed by atoms with Crippen LogP contribution in [0.1, 0.15) is 22.3 Å². The fraction of sp³-hybridized carbons (Fsp3) is 0.182. The Morgan fingerprint density at radius 3 is 2.70 bits per heavy atom. The Labute approximate surface area is 189 Å². The molecule has 0 aliphatic rings. The maximum Gasteiger partial charge on any atom is 0.306 e. The van der Waals surface area contributed by atoms with E-state index in [1.54, 1.807) is 12.3 Å². The van der Waals surface area contributed by atoms with Gasteiger partial charge in [0.15, 0.2) is 0 Å². The van der Waals surface area contributed by atoms with E-state index in [1.165, 1.54) is 12.1 Å². The van der Waals surface area contributed by atoms with Gasteiger partial charge in [0.1, 0.15) is 16.7 Å². The number of sulfonamides is 1. The first kappa shape index (κ1) is 23.6. The number of aliphatic carboxylic acids is 1. The molecule has 11 heteroatoms. The predicted octanol–water partition coefficient (Wildman–Crippen LogP) is 1.60. The minimum atomic E-state index is -4.34. The molecule has 3 aromatic rings. The molecular formula is C22H20N4O6S. The van der Waals surface area contributed by atoms with Gasteiger partial charge in [-0.15, -0.1) is 0 Å². The first-order valence-corrected chi connectivity index (χ1v) is 11.2. The molecule has 1 amide bonds. The molecule has 1 atom stereocenters. The number of carboxylic acid groups (broad SMARTS) is 1. The third kappa shape index (κ3) is 5.82. The summed E-state index contributed by atoms with van der Waals surface area (Å²) in [5.74, 6) is -2.27. The predicted molar refractivity (Wildman–Crippen MR) is 118 cm³/mol. The van der Waals surface area contributed by atoms with Gasteiger partial charge in [-0.1, -0.05) is 18.2 Å². The zero-order valence-electron chi connectivity index (χ0n) is 17.3. The number of hydrogen-bond acceptors (Lipinski definition) is 7. The molecule has 0 radical (unpaired) electrons. The molecule has 1 aromatic heterocycles. The van der Waals surface area contributed by atoms with Gasteiger partial charge in [-0.3, -0.25) is 14.6 Å². The van der Waals surface area contributed by atoms with Crippen molar-refractivity contribution in [2.75, 3.05) is 6.61 Å². The smallest absolute Gasteiger partial charge is 0.306 e. The average molecular weight is 468 g/mol. The number of hydrogen-bond donors (Lipinski definition) is 3. The van der Waals surface area contributed by atoms with Crippen LogP contribution in [0.4, 0.5) is 0 Å². The molecule has 0 aliphatic carbocycles. The van der Waals surface area contributed by atoms with Gasteiger partial charge in [0.05, 0.1) is 24.6 Å². The largest absolute Gasteiger partial charge is 0.492 e. The van der Waals surface area contributed by atoms with E-state index in [4.69, 9.17) is 20.8 Å². The maximum atomic E-state index is 12.8. The second-order valence-corrected chi connectivity index (χ2v) is 8.69. The molecule has 0 saturated heterocycles. The first-order valence-electron chi connectivity index (χ1n) is 9.74. The van der Waals surface area contributed by atoms with Crippen molar-refractivity contribution >= 4 is 32.8 Å². The number of pyridine rings is 1. The van der Waals surface area contributed by atoms with Crippen LogP contribution in [0.25, 0.3) is 10.9 Å². The van der Waals surface area contributed by atoms with Gasteiger partial charge in [-0.25, -0.2) is 8.42 Å².